The largest absolute Gasteiger partial charge is 0.462 e. The van der Waals surface area contributed by atoms with Gasteiger partial charge in [0, 0.05) is 37.7 Å². The molecular weight excluding hydrogens is 528 g/mol. The highest BCUT2D eigenvalue weighted by molar-refractivity contribution is 6.74. The Bertz CT molecular complexity index is 993. The van der Waals surface area contributed by atoms with E-state index in [2.05, 4.69) is 40.8 Å². The lowest BCUT2D eigenvalue weighted by atomic mass is 9.48. The normalized spacial score (nSPS) is 33.6. The molecule has 2 unspecified atom stereocenters. The average Bonchev–Trinajstić information content (AvgIpc) is 3.17. The second kappa shape index (κ2) is 13.2. The lowest BCUT2D eigenvalue weighted by molar-refractivity contribution is -0.173. The molecule has 6 heteroatoms. The molecule has 0 aliphatic heterocycles. The molecule has 4 rings (SSSR count). The molecule has 0 heterocycles. The summed E-state index contributed by atoms with van der Waals surface area (Å²) in [6.45, 7) is 16.1. The molecule has 3 fully saturated rings. The van der Waals surface area contributed by atoms with Gasteiger partial charge in [0.2, 0.25) is 0 Å². The van der Waals surface area contributed by atoms with E-state index in [1.807, 2.05) is 6.08 Å². The van der Waals surface area contributed by atoms with Crippen LogP contribution in [-0.2, 0) is 23.5 Å². The van der Waals surface area contributed by atoms with Crippen LogP contribution in [0.2, 0.25) is 18.1 Å². The molecule has 0 spiro atoms. The third kappa shape index (κ3) is 7.28. The van der Waals surface area contributed by atoms with Crippen LogP contribution in [-0.4, -0.2) is 38.6 Å². The summed E-state index contributed by atoms with van der Waals surface area (Å²) in [4.78, 5) is 37.8. The number of fused-ring (bicyclic) bond motifs is 5. The van der Waals surface area contributed by atoms with E-state index in [-0.39, 0.29) is 34.2 Å². The number of allylic oxidation sites excluding steroid dienone is 1. The maximum absolute atomic E-state index is 13.2. The summed E-state index contributed by atoms with van der Waals surface area (Å²) >= 11 is 0. The zero-order valence-electron chi connectivity index (χ0n) is 27.2. The standard InChI is InChI=1S/C35H58O5Si/c1-24(36)40-30-23-35(5)29(18-19-31(35)38)32-25(21-26-22-27(37)16-17-28(26)33(30)32)15-13-11-9-8-10-12-14-20-39-41(6,7)34(2,3)4/h22,25,28-30,32-33H,8-21,23H2,1-7H3/t25?,28-,29-,30?,32-,33-,35-/m0/s1. The van der Waals surface area contributed by atoms with Gasteiger partial charge in [0.15, 0.2) is 14.1 Å². The molecular formula is C35H58O5Si. The number of hydrogen-bond donors (Lipinski definition) is 0. The average molecular weight is 587 g/mol. The highest BCUT2D eigenvalue weighted by Gasteiger charge is 2.62. The molecule has 5 nitrogen and oxygen atoms in total. The van der Waals surface area contributed by atoms with Crippen molar-refractivity contribution in [2.45, 2.75) is 149 Å². The Labute approximate surface area is 251 Å². The van der Waals surface area contributed by atoms with Crippen molar-refractivity contribution in [2.75, 3.05) is 6.61 Å². The van der Waals surface area contributed by atoms with E-state index in [0.29, 0.717) is 48.7 Å². The number of unbranched alkanes of at least 4 members (excludes halogenated alkanes) is 6. The van der Waals surface area contributed by atoms with Crippen LogP contribution in [0.4, 0.5) is 0 Å². The van der Waals surface area contributed by atoms with Crippen LogP contribution in [0.25, 0.3) is 0 Å². The highest BCUT2D eigenvalue weighted by atomic mass is 28.4. The van der Waals surface area contributed by atoms with Crippen molar-refractivity contribution < 1.29 is 23.5 Å². The summed E-state index contributed by atoms with van der Waals surface area (Å²) in [5.41, 5.74) is 0.928. The summed E-state index contributed by atoms with van der Waals surface area (Å²) in [5.74, 6) is 2.19. The maximum Gasteiger partial charge on any atom is 0.302 e. The number of hydrogen-bond acceptors (Lipinski definition) is 5. The molecule has 232 valence electrons. The summed E-state index contributed by atoms with van der Waals surface area (Å²) in [6.07, 6.45) is 16.3. The molecule has 0 aromatic carbocycles. The Morgan fingerprint density at radius 2 is 1.63 bits per heavy atom. The minimum absolute atomic E-state index is 0.217. The number of carbonyl (C=O) groups excluding carboxylic acids is 3. The highest BCUT2D eigenvalue weighted by Crippen LogP contribution is 2.63. The lowest BCUT2D eigenvalue weighted by Crippen LogP contribution is -2.56. The summed E-state index contributed by atoms with van der Waals surface area (Å²) < 4.78 is 12.4. The van der Waals surface area contributed by atoms with Gasteiger partial charge in [-0.05, 0) is 86.4 Å². The van der Waals surface area contributed by atoms with E-state index in [1.54, 1.807) is 0 Å². The van der Waals surface area contributed by atoms with E-state index < -0.39 is 8.32 Å². The van der Waals surface area contributed by atoms with Crippen LogP contribution < -0.4 is 0 Å². The van der Waals surface area contributed by atoms with Crippen LogP contribution in [0.3, 0.4) is 0 Å². The van der Waals surface area contributed by atoms with Crippen molar-refractivity contribution in [1.29, 1.82) is 0 Å². The fraction of sp³-hybridized carbons (Fsp3) is 0.857. The number of carbonyl (C=O) groups is 3. The van der Waals surface area contributed by atoms with Crippen molar-refractivity contribution in [3.05, 3.63) is 11.6 Å². The van der Waals surface area contributed by atoms with Gasteiger partial charge in [0.25, 0.3) is 0 Å². The van der Waals surface area contributed by atoms with Crippen molar-refractivity contribution in [3.8, 4) is 0 Å². The lowest BCUT2D eigenvalue weighted by Gasteiger charge is -2.57. The fourth-order valence-electron chi connectivity index (χ4n) is 8.74. The van der Waals surface area contributed by atoms with Crippen LogP contribution in [0.1, 0.15) is 125 Å². The minimum atomic E-state index is -1.63. The van der Waals surface area contributed by atoms with E-state index >= 15 is 0 Å². The Kier molecular flexibility index (Phi) is 10.5. The Morgan fingerprint density at radius 3 is 2.29 bits per heavy atom. The van der Waals surface area contributed by atoms with E-state index in [9.17, 15) is 14.4 Å². The molecule has 4 aliphatic rings. The van der Waals surface area contributed by atoms with Crippen molar-refractivity contribution in [2.24, 2.45) is 35.0 Å². The number of Topliss-reactive ketones (excluding diaryl/α,β-unsaturated/α-hetero) is 1. The first-order valence-electron chi connectivity index (χ1n) is 16.8. The molecule has 41 heavy (non-hydrogen) atoms. The fourth-order valence-corrected chi connectivity index (χ4v) is 9.83. The SMILES string of the molecule is CC(=O)OC1C[C@]2(C)C(=O)CC[C@H]2[C@@H]2C(CCCCCCCCCO[Si](C)(C)C(C)(C)C)CC3=CC(=O)CC[C@@H]3[C@@H]12. The van der Waals surface area contributed by atoms with E-state index in [4.69, 9.17) is 9.16 Å². The Hall–Kier alpha value is -1.27. The van der Waals surface area contributed by atoms with Gasteiger partial charge in [0.1, 0.15) is 11.9 Å². The zero-order chi connectivity index (χ0) is 30.0. The molecule has 0 aromatic heterocycles. The first-order valence-corrected chi connectivity index (χ1v) is 19.7. The summed E-state index contributed by atoms with van der Waals surface area (Å²) in [5, 5.41) is 0.278. The summed E-state index contributed by atoms with van der Waals surface area (Å²) in [6, 6.07) is 0. The van der Waals surface area contributed by atoms with Gasteiger partial charge in [-0.1, -0.05) is 71.8 Å². The van der Waals surface area contributed by atoms with Crippen molar-refractivity contribution in [1.82, 2.24) is 0 Å². The molecule has 0 N–H and O–H groups in total. The first kappa shape index (κ1) is 32.6. The Morgan fingerprint density at radius 1 is 0.976 bits per heavy atom. The van der Waals surface area contributed by atoms with E-state index in [0.717, 1.165) is 38.7 Å². The smallest absolute Gasteiger partial charge is 0.302 e. The second-order valence-electron chi connectivity index (χ2n) is 15.7. The minimum Gasteiger partial charge on any atom is -0.462 e. The summed E-state index contributed by atoms with van der Waals surface area (Å²) in [7, 11) is -1.63. The van der Waals surface area contributed by atoms with Gasteiger partial charge in [-0.2, -0.15) is 0 Å². The van der Waals surface area contributed by atoms with Crippen LogP contribution in [0, 0.1) is 35.0 Å². The maximum atomic E-state index is 13.2. The molecule has 0 aromatic rings. The van der Waals surface area contributed by atoms with Crippen molar-refractivity contribution >= 4 is 25.9 Å². The van der Waals surface area contributed by atoms with Crippen LogP contribution in [0.5, 0.6) is 0 Å². The molecule has 4 aliphatic carbocycles. The quantitative estimate of drug-likeness (QED) is 0.130. The van der Waals surface area contributed by atoms with Gasteiger partial charge in [-0.3, -0.25) is 14.4 Å². The number of ketones is 2. The molecule has 0 radical (unpaired) electrons. The van der Waals surface area contributed by atoms with Gasteiger partial charge in [-0.25, -0.2) is 0 Å². The van der Waals surface area contributed by atoms with Crippen LogP contribution in [0.15, 0.2) is 11.6 Å². The van der Waals surface area contributed by atoms with Gasteiger partial charge < -0.3 is 9.16 Å². The van der Waals surface area contributed by atoms with Gasteiger partial charge in [-0.15, -0.1) is 0 Å². The third-order valence-electron chi connectivity index (χ3n) is 11.9. The third-order valence-corrected chi connectivity index (χ3v) is 16.5. The molecule has 3 saturated carbocycles. The molecule has 7 atom stereocenters. The Balaban J connectivity index is 1.32. The molecule has 0 amide bonds. The van der Waals surface area contributed by atoms with Crippen LogP contribution >= 0.6 is 0 Å². The van der Waals surface area contributed by atoms with E-state index in [1.165, 1.54) is 51.0 Å². The second-order valence-corrected chi connectivity index (χ2v) is 20.5. The monoisotopic (exact) mass is 586 g/mol. The predicted octanol–water partition coefficient (Wildman–Crippen LogP) is 8.61. The van der Waals surface area contributed by atoms with Gasteiger partial charge >= 0.3 is 5.97 Å². The topological polar surface area (TPSA) is 69.7 Å². The number of rotatable bonds is 12. The molecule has 0 saturated heterocycles. The van der Waals surface area contributed by atoms with Gasteiger partial charge in [0.05, 0.1) is 0 Å². The predicted molar refractivity (Wildman–Crippen MR) is 167 cm³/mol. The zero-order valence-corrected chi connectivity index (χ0v) is 28.2. The number of ether oxygens (including phenoxy) is 1. The van der Waals surface area contributed by atoms with Crippen molar-refractivity contribution in [3.63, 3.8) is 0 Å². The first-order chi connectivity index (χ1) is 19.2. The number of esters is 1. The molecule has 0 bridgehead atoms.